The van der Waals surface area contributed by atoms with Crippen molar-refractivity contribution in [3.05, 3.63) is 181 Å². The summed E-state index contributed by atoms with van der Waals surface area (Å²) < 4.78 is 7.51. The van der Waals surface area contributed by atoms with E-state index in [-0.39, 0.29) is 5.41 Å². The molecule has 11 aromatic rings. The van der Waals surface area contributed by atoms with Crippen molar-refractivity contribution in [2.75, 3.05) is 0 Å². The highest BCUT2D eigenvalue weighted by molar-refractivity contribution is 7.25. The van der Waals surface area contributed by atoms with E-state index in [4.69, 9.17) is 0 Å². The Kier molecular flexibility index (Phi) is 6.03. The van der Waals surface area contributed by atoms with Crippen LogP contribution in [0.2, 0.25) is 0 Å². The molecule has 3 heteroatoms. The van der Waals surface area contributed by atoms with Gasteiger partial charge in [0, 0.05) is 58.5 Å². The normalized spacial score (nSPS) is 13.5. The van der Waals surface area contributed by atoms with E-state index in [0.29, 0.717) is 0 Å². The molecule has 0 saturated carbocycles. The molecule has 8 aromatic carbocycles. The van der Waals surface area contributed by atoms with Gasteiger partial charge in [0.25, 0.3) is 0 Å². The van der Waals surface area contributed by atoms with E-state index >= 15 is 0 Å². The largest absolute Gasteiger partial charge is 0.309 e. The second-order valence-corrected chi connectivity index (χ2v) is 16.4. The molecule has 54 heavy (non-hydrogen) atoms. The van der Waals surface area contributed by atoms with Crippen LogP contribution in [0.5, 0.6) is 0 Å². The highest BCUT2D eigenvalue weighted by Crippen LogP contribution is 2.52. The van der Waals surface area contributed by atoms with Crippen LogP contribution in [0.4, 0.5) is 0 Å². The summed E-state index contributed by atoms with van der Waals surface area (Å²) in [6.07, 6.45) is 0. The zero-order chi connectivity index (χ0) is 35.7. The molecule has 3 aromatic heterocycles. The Hall–Kier alpha value is -6.42. The Bertz CT molecular complexity index is 3350. The first kappa shape index (κ1) is 30.1. The van der Waals surface area contributed by atoms with E-state index in [1.165, 1.54) is 109 Å². The molecule has 0 saturated heterocycles. The lowest BCUT2D eigenvalue weighted by Gasteiger charge is -2.21. The molecule has 1 aliphatic carbocycles. The Balaban J connectivity index is 1.06. The van der Waals surface area contributed by atoms with Crippen LogP contribution in [0, 0.1) is 0 Å². The molecule has 2 nitrogen and oxygen atoms in total. The molecule has 254 valence electrons. The third-order valence-electron chi connectivity index (χ3n) is 12.1. The van der Waals surface area contributed by atoms with E-state index in [1.807, 2.05) is 11.3 Å². The van der Waals surface area contributed by atoms with Crippen molar-refractivity contribution in [2.45, 2.75) is 19.3 Å². The number of benzene rings is 8. The van der Waals surface area contributed by atoms with E-state index in [2.05, 4.69) is 193 Å². The smallest absolute Gasteiger partial charge is 0.0548 e. The van der Waals surface area contributed by atoms with Gasteiger partial charge in [-0.2, -0.15) is 0 Å². The third kappa shape index (κ3) is 3.94. The summed E-state index contributed by atoms with van der Waals surface area (Å²) in [5, 5.41) is 7.78. The average Bonchev–Trinajstić information content (AvgIpc) is 3.92. The lowest BCUT2D eigenvalue weighted by molar-refractivity contribution is 0.660. The summed E-state index contributed by atoms with van der Waals surface area (Å²) in [6, 6.07) is 63.1. The Labute approximate surface area is 316 Å². The predicted octanol–water partition coefficient (Wildman–Crippen LogP) is 14.2. The van der Waals surface area contributed by atoms with Gasteiger partial charge in [0.05, 0.1) is 22.1 Å². The van der Waals surface area contributed by atoms with Gasteiger partial charge in [0.15, 0.2) is 0 Å². The zero-order valence-corrected chi connectivity index (χ0v) is 30.8. The molecule has 0 radical (unpaired) electrons. The molecule has 0 aliphatic heterocycles. The van der Waals surface area contributed by atoms with Gasteiger partial charge in [-0.3, -0.25) is 0 Å². The van der Waals surface area contributed by atoms with Crippen LogP contribution in [-0.4, -0.2) is 9.13 Å². The molecule has 12 rings (SSSR count). The molecule has 3 heterocycles. The SMILES string of the molecule is CC1(C)c2ccccc2-c2c(-c3ccc4c(c3)sc3cc(-n5c6ccccc6c6c7c8ccccc8n(-c8ccccc8)c7ccc65)ccc34)cccc21. The first-order valence-corrected chi connectivity index (χ1v) is 19.6. The summed E-state index contributed by atoms with van der Waals surface area (Å²) in [7, 11) is 0. The van der Waals surface area contributed by atoms with Crippen molar-refractivity contribution in [3.8, 4) is 33.6 Å². The van der Waals surface area contributed by atoms with Gasteiger partial charge in [0.1, 0.15) is 0 Å². The van der Waals surface area contributed by atoms with E-state index in [9.17, 15) is 0 Å². The van der Waals surface area contributed by atoms with Gasteiger partial charge in [-0.25, -0.2) is 0 Å². The molecule has 0 fully saturated rings. The summed E-state index contributed by atoms with van der Waals surface area (Å²) >= 11 is 1.90. The number of hydrogen-bond acceptors (Lipinski definition) is 1. The molecular formula is C51H34N2S. The van der Waals surface area contributed by atoms with Crippen LogP contribution in [0.1, 0.15) is 25.0 Å². The van der Waals surface area contributed by atoms with Crippen LogP contribution >= 0.6 is 11.3 Å². The third-order valence-corrected chi connectivity index (χ3v) is 13.2. The first-order chi connectivity index (χ1) is 26.6. The summed E-state index contributed by atoms with van der Waals surface area (Å²) in [5.74, 6) is 0. The topological polar surface area (TPSA) is 9.86 Å². The molecule has 0 atom stereocenters. The van der Waals surface area contributed by atoms with Crippen molar-refractivity contribution < 1.29 is 0 Å². The van der Waals surface area contributed by atoms with Crippen LogP contribution in [-0.2, 0) is 5.41 Å². The van der Waals surface area contributed by atoms with Gasteiger partial charge in [-0.15, -0.1) is 11.3 Å². The number of fused-ring (bicyclic) bond motifs is 13. The molecule has 0 spiro atoms. The summed E-state index contributed by atoms with van der Waals surface area (Å²) in [5.41, 5.74) is 15.4. The molecule has 0 N–H and O–H groups in total. The van der Waals surface area contributed by atoms with E-state index < -0.39 is 0 Å². The van der Waals surface area contributed by atoms with E-state index in [0.717, 1.165) is 0 Å². The van der Waals surface area contributed by atoms with Crippen LogP contribution < -0.4 is 0 Å². The number of thiophene rings is 1. The van der Waals surface area contributed by atoms with Crippen LogP contribution in [0.15, 0.2) is 170 Å². The highest BCUT2D eigenvalue weighted by Gasteiger charge is 2.36. The Morgan fingerprint density at radius 3 is 1.72 bits per heavy atom. The first-order valence-electron chi connectivity index (χ1n) is 18.8. The Morgan fingerprint density at radius 1 is 0.407 bits per heavy atom. The van der Waals surface area contributed by atoms with Crippen molar-refractivity contribution in [3.63, 3.8) is 0 Å². The van der Waals surface area contributed by atoms with Gasteiger partial charge in [0.2, 0.25) is 0 Å². The molecular weight excluding hydrogens is 673 g/mol. The number of rotatable bonds is 3. The highest BCUT2D eigenvalue weighted by atomic mass is 32.1. The number of hydrogen-bond donors (Lipinski definition) is 0. The maximum atomic E-state index is 2.47. The maximum absolute atomic E-state index is 2.47. The standard InChI is InChI=1S/C51H34N2S/c1-51(2)40-19-9-6-15-37(40)48-34(18-12-20-41(48)51)31-23-25-35-36-26-24-33(30-47(36)54-46(35)29-31)53-43-22-11-8-17-39(43)50-45(53)28-27-44-49(50)38-16-7-10-21-42(38)52(44)32-13-4-3-5-14-32/h3-30H,1-2H3. The molecule has 1 aliphatic rings. The average molecular weight is 707 g/mol. The minimum absolute atomic E-state index is 0.0163. The fraction of sp³-hybridized carbons (Fsp3) is 0.0588. The van der Waals surface area contributed by atoms with Gasteiger partial charge < -0.3 is 9.13 Å². The van der Waals surface area contributed by atoms with Gasteiger partial charge in [-0.05, 0) is 88.0 Å². The van der Waals surface area contributed by atoms with Crippen LogP contribution in [0.3, 0.4) is 0 Å². The molecule has 0 unspecified atom stereocenters. The second-order valence-electron chi connectivity index (χ2n) is 15.3. The van der Waals surface area contributed by atoms with Crippen molar-refractivity contribution >= 4 is 75.1 Å². The van der Waals surface area contributed by atoms with Crippen molar-refractivity contribution in [2.24, 2.45) is 0 Å². The lowest BCUT2D eigenvalue weighted by atomic mass is 9.82. The maximum Gasteiger partial charge on any atom is 0.0548 e. The predicted molar refractivity (Wildman–Crippen MR) is 231 cm³/mol. The Morgan fingerprint density at radius 2 is 0.981 bits per heavy atom. The van der Waals surface area contributed by atoms with E-state index in [1.54, 1.807) is 0 Å². The summed E-state index contributed by atoms with van der Waals surface area (Å²) in [6.45, 7) is 4.72. The fourth-order valence-electron chi connectivity index (χ4n) is 9.72. The minimum atomic E-state index is -0.0163. The number of para-hydroxylation sites is 3. The second kappa shape index (κ2) is 10.8. The molecule has 0 amide bonds. The number of nitrogens with zero attached hydrogens (tertiary/aromatic N) is 2. The van der Waals surface area contributed by atoms with Crippen molar-refractivity contribution in [1.82, 2.24) is 9.13 Å². The zero-order valence-electron chi connectivity index (χ0n) is 30.0. The van der Waals surface area contributed by atoms with Gasteiger partial charge >= 0.3 is 0 Å². The quantitative estimate of drug-likeness (QED) is 0.173. The monoisotopic (exact) mass is 706 g/mol. The minimum Gasteiger partial charge on any atom is -0.309 e. The van der Waals surface area contributed by atoms with Crippen molar-refractivity contribution in [1.29, 1.82) is 0 Å². The summed E-state index contributed by atoms with van der Waals surface area (Å²) in [4.78, 5) is 0. The van der Waals surface area contributed by atoms with Gasteiger partial charge in [-0.1, -0.05) is 129 Å². The number of aromatic nitrogens is 2. The molecule has 0 bridgehead atoms. The van der Waals surface area contributed by atoms with Crippen LogP contribution in [0.25, 0.3) is 97.4 Å². The lowest BCUT2D eigenvalue weighted by Crippen LogP contribution is -2.14. The fourth-order valence-corrected chi connectivity index (χ4v) is 10.9.